The number of ether oxygens (including phenoxy) is 3. The smallest absolute Gasteiger partial charge is 0.338 e. The van der Waals surface area contributed by atoms with E-state index in [4.69, 9.17) is 18.6 Å². The van der Waals surface area contributed by atoms with Gasteiger partial charge in [0.15, 0.2) is 11.5 Å². The zero-order valence-corrected chi connectivity index (χ0v) is 17.9. The van der Waals surface area contributed by atoms with Gasteiger partial charge in [-0.05, 0) is 74.1 Å². The molecule has 6 heteroatoms. The van der Waals surface area contributed by atoms with Crippen molar-refractivity contribution in [2.45, 2.75) is 46.1 Å². The molecule has 0 fully saturated rings. The summed E-state index contributed by atoms with van der Waals surface area (Å²) in [6, 6.07) is 10.4. The molecule has 2 aromatic carbocycles. The number of hydrogen-bond donors (Lipinski definition) is 0. The van der Waals surface area contributed by atoms with Crippen LogP contribution >= 0.6 is 0 Å². The summed E-state index contributed by atoms with van der Waals surface area (Å²) < 4.78 is 22.2. The van der Waals surface area contributed by atoms with Crippen molar-refractivity contribution >= 4 is 16.9 Å². The van der Waals surface area contributed by atoms with Crippen molar-refractivity contribution in [3.8, 4) is 11.5 Å². The molecule has 162 valence electrons. The van der Waals surface area contributed by atoms with Gasteiger partial charge in [-0.25, -0.2) is 9.59 Å². The summed E-state index contributed by atoms with van der Waals surface area (Å²) in [5, 5.41) is 0.811. The number of hydrogen-bond acceptors (Lipinski definition) is 6. The Morgan fingerprint density at radius 3 is 2.58 bits per heavy atom. The Kier molecular flexibility index (Phi) is 6.26. The number of aryl methyl sites for hydroxylation is 2. The van der Waals surface area contributed by atoms with E-state index in [1.54, 1.807) is 18.2 Å². The molecule has 3 aromatic rings. The van der Waals surface area contributed by atoms with Crippen LogP contribution in [0.3, 0.4) is 0 Å². The molecule has 0 radical (unpaired) electrons. The minimum absolute atomic E-state index is 0.0161. The first-order valence-corrected chi connectivity index (χ1v) is 10.7. The molecule has 0 aliphatic heterocycles. The maximum absolute atomic E-state index is 12.7. The molecule has 0 unspecified atom stereocenters. The third kappa shape index (κ3) is 4.58. The largest absolute Gasteiger partial charge is 0.490 e. The molecule has 1 aromatic heterocycles. The van der Waals surface area contributed by atoms with Gasteiger partial charge in [0, 0.05) is 17.0 Å². The maximum Gasteiger partial charge on any atom is 0.338 e. The van der Waals surface area contributed by atoms with Crippen LogP contribution in [0, 0.1) is 0 Å². The van der Waals surface area contributed by atoms with Crippen molar-refractivity contribution in [3.63, 3.8) is 0 Å². The lowest BCUT2D eigenvalue weighted by Gasteiger charge is -2.13. The van der Waals surface area contributed by atoms with E-state index in [1.807, 2.05) is 19.9 Å². The molecule has 1 aliphatic rings. The number of benzene rings is 2. The van der Waals surface area contributed by atoms with Gasteiger partial charge in [-0.3, -0.25) is 0 Å². The van der Waals surface area contributed by atoms with Crippen LogP contribution in [-0.4, -0.2) is 19.2 Å². The Labute approximate surface area is 180 Å². The van der Waals surface area contributed by atoms with E-state index in [2.05, 4.69) is 6.07 Å². The van der Waals surface area contributed by atoms with E-state index in [-0.39, 0.29) is 6.61 Å². The van der Waals surface area contributed by atoms with Crippen LogP contribution in [0.1, 0.15) is 53.7 Å². The van der Waals surface area contributed by atoms with Gasteiger partial charge in [-0.1, -0.05) is 6.92 Å². The number of fused-ring (bicyclic) bond motifs is 2. The van der Waals surface area contributed by atoms with E-state index in [1.165, 1.54) is 17.2 Å². The predicted octanol–water partition coefficient (Wildman–Crippen LogP) is 4.83. The highest BCUT2D eigenvalue weighted by Crippen LogP contribution is 2.30. The van der Waals surface area contributed by atoms with Crippen LogP contribution in [0.15, 0.2) is 45.6 Å². The number of carbonyl (C=O) groups is 1. The Bertz CT molecular complexity index is 1160. The predicted molar refractivity (Wildman–Crippen MR) is 117 cm³/mol. The Balaban J connectivity index is 1.55. The van der Waals surface area contributed by atoms with Gasteiger partial charge in [0.05, 0.1) is 18.8 Å². The quantitative estimate of drug-likeness (QED) is 0.382. The molecule has 31 heavy (non-hydrogen) atoms. The van der Waals surface area contributed by atoms with Gasteiger partial charge in [-0.2, -0.15) is 0 Å². The van der Waals surface area contributed by atoms with Gasteiger partial charge in [0.25, 0.3) is 0 Å². The monoisotopic (exact) mass is 422 g/mol. The molecular weight excluding hydrogens is 396 g/mol. The third-order valence-corrected chi connectivity index (χ3v) is 5.34. The van der Waals surface area contributed by atoms with Crippen molar-refractivity contribution in [1.29, 1.82) is 0 Å². The molecule has 0 atom stereocenters. The zero-order valence-electron chi connectivity index (χ0n) is 17.9. The summed E-state index contributed by atoms with van der Waals surface area (Å²) in [4.78, 5) is 24.7. The van der Waals surface area contributed by atoms with Crippen LogP contribution in [-0.2, 0) is 24.2 Å². The molecule has 0 spiro atoms. The van der Waals surface area contributed by atoms with Gasteiger partial charge >= 0.3 is 11.6 Å². The van der Waals surface area contributed by atoms with E-state index in [9.17, 15) is 9.59 Å². The van der Waals surface area contributed by atoms with E-state index < -0.39 is 11.6 Å². The lowest BCUT2D eigenvalue weighted by molar-refractivity contribution is 0.0473. The fourth-order valence-corrected chi connectivity index (χ4v) is 3.88. The van der Waals surface area contributed by atoms with Crippen molar-refractivity contribution in [2.75, 3.05) is 13.2 Å². The first kappa shape index (κ1) is 21.0. The lowest BCUT2D eigenvalue weighted by Crippen LogP contribution is -2.09. The molecule has 0 N–H and O–H groups in total. The topological polar surface area (TPSA) is 75.0 Å². The minimum atomic E-state index is -0.495. The second-order valence-electron chi connectivity index (χ2n) is 7.58. The zero-order chi connectivity index (χ0) is 21.8. The maximum atomic E-state index is 12.7. The van der Waals surface area contributed by atoms with Crippen molar-refractivity contribution < 1.29 is 23.4 Å². The van der Waals surface area contributed by atoms with E-state index in [0.717, 1.165) is 31.1 Å². The van der Waals surface area contributed by atoms with E-state index >= 15 is 0 Å². The van der Waals surface area contributed by atoms with Crippen molar-refractivity contribution in [3.05, 3.63) is 69.1 Å². The average molecular weight is 422 g/mol. The van der Waals surface area contributed by atoms with E-state index in [0.29, 0.717) is 41.4 Å². The fraction of sp³-hybridized carbons (Fsp3) is 0.360. The van der Waals surface area contributed by atoms with Crippen molar-refractivity contribution in [1.82, 2.24) is 0 Å². The second kappa shape index (κ2) is 9.25. The molecule has 4 rings (SSSR count). The molecule has 1 heterocycles. The molecule has 0 saturated carbocycles. The van der Waals surface area contributed by atoms with Crippen LogP contribution in [0.5, 0.6) is 11.5 Å². The summed E-state index contributed by atoms with van der Waals surface area (Å²) in [6.07, 6.45) is 3.97. The van der Waals surface area contributed by atoms with Gasteiger partial charge in [-0.15, -0.1) is 0 Å². The van der Waals surface area contributed by atoms with Crippen molar-refractivity contribution in [2.24, 2.45) is 0 Å². The van der Waals surface area contributed by atoms with Crippen LogP contribution in [0.25, 0.3) is 11.0 Å². The summed E-state index contributed by atoms with van der Waals surface area (Å²) in [5.74, 6) is 0.609. The van der Waals surface area contributed by atoms with Crippen LogP contribution in [0.4, 0.5) is 0 Å². The minimum Gasteiger partial charge on any atom is -0.490 e. The fourth-order valence-electron chi connectivity index (χ4n) is 3.88. The first-order valence-electron chi connectivity index (χ1n) is 10.7. The Hall–Kier alpha value is -3.28. The normalized spacial score (nSPS) is 12.6. The molecule has 0 saturated heterocycles. The lowest BCUT2D eigenvalue weighted by atomic mass is 10.0. The van der Waals surface area contributed by atoms with Gasteiger partial charge < -0.3 is 18.6 Å². The highest BCUT2D eigenvalue weighted by molar-refractivity contribution is 5.90. The highest BCUT2D eigenvalue weighted by atomic mass is 16.5. The Morgan fingerprint density at radius 2 is 1.81 bits per heavy atom. The standard InChI is InChI=1S/C25H26O6/c1-3-10-29-21-9-8-18(13-23(21)28-4-2)25(27)30-15-19-14-24(26)31-22-12-17-7-5-6-16(17)11-20(19)22/h8-9,11-14H,3-7,10,15H2,1-2H3. The number of rotatable bonds is 8. The summed E-state index contributed by atoms with van der Waals surface area (Å²) in [6.45, 7) is 4.90. The second-order valence-corrected chi connectivity index (χ2v) is 7.58. The summed E-state index contributed by atoms with van der Waals surface area (Å²) >= 11 is 0. The third-order valence-electron chi connectivity index (χ3n) is 5.34. The van der Waals surface area contributed by atoms with Crippen LogP contribution < -0.4 is 15.1 Å². The SMILES string of the molecule is CCCOc1ccc(C(=O)OCc2cc(=O)oc3cc4c(cc23)CCC4)cc1OCC. The average Bonchev–Trinajstić information content (AvgIpc) is 3.22. The molecule has 1 aliphatic carbocycles. The highest BCUT2D eigenvalue weighted by Gasteiger charge is 2.17. The molecule has 0 bridgehead atoms. The summed E-state index contributed by atoms with van der Waals surface area (Å²) in [5.41, 5.74) is 3.57. The number of esters is 1. The molecule has 0 amide bonds. The molecule has 6 nitrogen and oxygen atoms in total. The Morgan fingerprint density at radius 1 is 1.00 bits per heavy atom. The number of carbonyl (C=O) groups excluding carboxylic acids is 1. The van der Waals surface area contributed by atoms with Gasteiger partial charge in [0.1, 0.15) is 12.2 Å². The van der Waals surface area contributed by atoms with Gasteiger partial charge in [0.2, 0.25) is 0 Å². The first-order chi connectivity index (χ1) is 15.1. The van der Waals surface area contributed by atoms with Crippen LogP contribution in [0.2, 0.25) is 0 Å². The summed E-state index contributed by atoms with van der Waals surface area (Å²) in [7, 11) is 0. The molecular formula is C25H26O6.